The molecule has 0 unspecified atom stereocenters. The maximum atomic E-state index is 15.0. The number of benzene rings is 2. The molecule has 0 heterocycles. The van der Waals surface area contributed by atoms with Crippen molar-refractivity contribution in [3.05, 3.63) is 58.7 Å². The number of alkyl halides is 1. The fourth-order valence-corrected chi connectivity index (χ4v) is 2.71. The Labute approximate surface area is 101 Å². The van der Waals surface area contributed by atoms with Gasteiger partial charge in [0.05, 0.1) is 0 Å². The number of hydrogen-bond acceptors (Lipinski definition) is 0. The Morgan fingerprint density at radius 3 is 1.65 bits per heavy atom. The molecule has 0 saturated heterocycles. The van der Waals surface area contributed by atoms with Gasteiger partial charge in [-0.1, -0.05) is 47.5 Å². The van der Waals surface area contributed by atoms with Gasteiger partial charge in [-0.15, -0.1) is 0 Å². The Kier molecular flexibility index (Phi) is 1.97. The molecule has 1 aliphatic carbocycles. The summed E-state index contributed by atoms with van der Waals surface area (Å²) in [5, 5.41) is 0. The van der Waals surface area contributed by atoms with Crippen LogP contribution in [0.15, 0.2) is 36.4 Å². The van der Waals surface area contributed by atoms with E-state index in [2.05, 4.69) is 0 Å². The average Bonchev–Trinajstić information content (AvgIpc) is 2.49. The molecule has 2 aromatic carbocycles. The molecule has 17 heavy (non-hydrogen) atoms. The summed E-state index contributed by atoms with van der Waals surface area (Å²) in [4.78, 5) is 0. The third-order valence-corrected chi connectivity index (χ3v) is 3.65. The summed E-state index contributed by atoms with van der Waals surface area (Å²) in [6, 6.07) is 12.1. The van der Waals surface area contributed by atoms with E-state index in [-0.39, 0.29) is 0 Å². The SMILES string of the molecule is Cc1ccc2c(c1)C(C)(F)c1cc(C)ccc1-2. The van der Waals surface area contributed by atoms with E-state index in [9.17, 15) is 4.39 Å². The Morgan fingerprint density at radius 1 is 0.824 bits per heavy atom. The van der Waals surface area contributed by atoms with Crippen molar-refractivity contribution in [3.63, 3.8) is 0 Å². The van der Waals surface area contributed by atoms with Gasteiger partial charge in [0, 0.05) is 11.1 Å². The van der Waals surface area contributed by atoms with Gasteiger partial charge >= 0.3 is 0 Å². The molecule has 1 heteroatoms. The second-order valence-corrected chi connectivity index (χ2v) is 5.10. The smallest absolute Gasteiger partial charge is 0.159 e. The molecule has 86 valence electrons. The number of rotatable bonds is 0. The van der Waals surface area contributed by atoms with Gasteiger partial charge in [0.2, 0.25) is 0 Å². The quantitative estimate of drug-likeness (QED) is 0.619. The van der Waals surface area contributed by atoms with Gasteiger partial charge in [-0.3, -0.25) is 0 Å². The van der Waals surface area contributed by atoms with Crippen LogP contribution in [0.3, 0.4) is 0 Å². The van der Waals surface area contributed by atoms with Gasteiger partial charge in [0.1, 0.15) is 0 Å². The molecule has 0 radical (unpaired) electrons. The third-order valence-electron chi connectivity index (χ3n) is 3.65. The van der Waals surface area contributed by atoms with Crippen molar-refractivity contribution in [1.29, 1.82) is 0 Å². The molecule has 0 aromatic heterocycles. The van der Waals surface area contributed by atoms with E-state index in [0.29, 0.717) is 0 Å². The first-order chi connectivity index (χ1) is 8.00. The van der Waals surface area contributed by atoms with Crippen LogP contribution < -0.4 is 0 Å². The average molecular weight is 226 g/mol. The minimum absolute atomic E-state index is 0.804. The molecule has 0 bridgehead atoms. The number of halogens is 1. The van der Waals surface area contributed by atoms with Gasteiger partial charge in [0.15, 0.2) is 5.67 Å². The van der Waals surface area contributed by atoms with Crippen LogP contribution in [-0.2, 0) is 5.67 Å². The molecule has 1 aliphatic rings. The van der Waals surface area contributed by atoms with Gasteiger partial charge in [-0.2, -0.15) is 0 Å². The van der Waals surface area contributed by atoms with Crippen molar-refractivity contribution in [3.8, 4) is 11.1 Å². The molecule has 2 aromatic rings. The lowest BCUT2D eigenvalue weighted by molar-refractivity contribution is 0.258. The van der Waals surface area contributed by atoms with Crippen molar-refractivity contribution in [1.82, 2.24) is 0 Å². The highest BCUT2D eigenvalue weighted by Gasteiger charge is 2.39. The minimum atomic E-state index is -1.36. The Balaban J connectivity index is 2.37. The van der Waals surface area contributed by atoms with Crippen molar-refractivity contribution < 1.29 is 4.39 Å². The highest BCUT2D eigenvalue weighted by Crippen LogP contribution is 2.50. The molecule has 0 N–H and O–H groups in total. The van der Waals surface area contributed by atoms with E-state index >= 15 is 0 Å². The fraction of sp³-hybridized carbons (Fsp3) is 0.250. The summed E-state index contributed by atoms with van der Waals surface area (Å²) < 4.78 is 15.0. The number of fused-ring (bicyclic) bond motifs is 3. The topological polar surface area (TPSA) is 0 Å². The Morgan fingerprint density at radius 2 is 1.24 bits per heavy atom. The van der Waals surface area contributed by atoms with Gasteiger partial charge in [-0.25, -0.2) is 4.39 Å². The van der Waals surface area contributed by atoms with Crippen LogP contribution >= 0.6 is 0 Å². The highest BCUT2D eigenvalue weighted by atomic mass is 19.1. The summed E-state index contributed by atoms with van der Waals surface area (Å²) in [6.07, 6.45) is 0. The summed E-state index contributed by atoms with van der Waals surface area (Å²) >= 11 is 0. The molecule has 0 spiro atoms. The maximum absolute atomic E-state index is 15.0. The lowest BCUT2D eigenvalue weighted by Gasteiger charge is -2.17. The van der Waals surface area contributed by atoms with Crippen molar-refractivity contribution in [2.24, 2.45) is 0 Å². The van der Waals surface area contributed by atoms with E-state index in [1.807, 2.05) is 50.2 Å². The molecule has 0 nitrogen and oxygen atoms in total. The zero-order chi connectivity index (χ0) is 12.2. The van der Waals surface area contributed by atoms with Crippen molar-refractivity contribution >= 4 is 0 Å². The normalized spacial score (nSPS) is 15.5. The van der Waals surface area contributed by atoms with E-state index in [1.165, 1.54) is 0 Å². The van der Waals surface area contributed by atoms with Crippen LogP contribution in [0.1, 0.15) is 29.2 Å². The maximum Gasteiger partial charge on any atom is 0.159 e. The predicted molar refractivity (Wildman–Crippen MR) is 68.9 cm³/mol. The third kappa shape index (κ3) is 1.35. The first-order valence-electron chi connectivity index (χ1n) is 5.92. The van der Waals surface area contributed by atoms with Crippen molar-refractivity contribution in [2.75, 3.05) is 0 Å². The number of aryl methyl sites for hydroxylation is 2. The first kappa shape index (κ1) is 10.5. The van der Waals surface area contributed by atoms with E-state index in [1.54, 1.807) is 6.92 Å². The standard InChI is InChI=1S/C16H15F/c1-10-4-6-12-13-7-5-11(2)9-15(13)16(3,17)14(12)8-10/h4-9H,1-3H3. The van der Waals surface area contributed by atoms with Crippen LogP contribution in [0.4, 0.5) is 4.39 Å². The van der Waals surface area contributed by atoms with E-state index < -0.39 is 5.67 Å². The van der Waals surface area contributed by atoms with Crippen LogP contribution in [-0.4, -0.2) is 0 Å². The van der Waals surface area contributed by atoms with Gasteiger partial charge < -0.3 is 0 Å². The molecular weight excluding hydrogens is 211 g/mol. The molecule has 0 amide bonds. The fourth-order valence-electron chi connectivity index (χ4n) is 2.71. The summed E-state index contributed by atoms with van der Waals surface area (Å²) in [5.74, 6) is 0. The monoisotopic (exact) mass is 226 g/mol. The van der Waals surface area contributed by atoms with E-state index in [0.717, 1.165) is 33.4 Å². The second kappa shape index (κ2) is 3.19. The largest absolute Gasteiger partial charge is 0.234 e. The zero-order valence-corrected chi connectivity index (χ0v) is 10.3. The minimum Gasteiger partial charge on any atom is -0.234 e. The van der Waals surface area contributed by atoms with Crippen LogP contribution in [0.25, 0.3) is 11.1 Å². The van der Waals surface area contributed by atoms with Crippen molar-refractivity contribution in [2.45, 2.75) is 26.4 Å². The van der Waals surface area contributed by atoms with Gasteiger partial charge in [0.25, 0.3) is 0 Å². The second-order valence-electron chi connectivity index (χ2n) is 5.10. The lowest BCUT2D eigenvalue weighted by Crippen LogP contribution is -2.13. The zero-order valence-electron chi connectivity index (χ0n) is 10.3. The summed E-state index contributed by atoms with van der Waals surface area (Å²) in [7, 11) is 0. The Bertz CT molecular complexity index is 555. The molecule has 0 atom stereocenters. The molecule has 3 rings (SSSR count). The number of hydrogen-bond donors (Lipinski definition) is 0. The van der Waals surface area contributed by atoms with E-state index in [4.69, 9.17) is 0 Å². The highest BCUT2D eigenvalue weighted by molar-refractivity contribution is 5.80. The Hall–Kier alpha value is -1.63. The van der Waals surface area contributed by atoms with Gasteiger partial charge in [-0.05, 0) is 31.9 Å². The summed E-state index contributed by atoms with van der Waals surface area (Å²) in [5.41, 5.74) is 4.54. The first-order valence-corrected chi connectivity index (χ1v) is 5.92. The molecular formula is C16H15F. The van der Waals surface area contributed by atoms with Crippen LogP contribution in [0.2, 0.25) is 0 Å². The lowest BCUT2D eigenvalue weighted by atomic mass is 9.94. The predicted octanol–water partition coefficient (Wildman–Crippen LogP) is 4.52. The molecule has 0 fully saturated rings. The molecule has 0 saturated carbocycles. The summed E-state index contributed by atoms with van der Waals surface area (Å²) in [6.45, 7) is 5.67. The molecule has 0 aliphatic heterocycles. The van der Waals surface area contributed by atoms with Crippen LogP contribution in [0.5, 0.6) is 0 Å². The van der Waals surface area contributed by atoms with Crippen LogP contribution in [0, 0.1) is 13.8 Å².